The van der Waals surface area contributed by atoms with Crippen LogP contribution < -0.4 is 0 Å². The summed E-state index contributed by atoms with van der Waals surface area (Å²) < 4.78 is 4.74. The normalized spacial score (nSPS) is 26.4. The first-order valence-electron chi connectivity index (χ1n) is 6.23. The molecule has 1 aliphatic rings. The number of likely N-dealkylation sites (N-methyl/N-ethyl adjacent to an activating group) is 1. The fraction of sp³-hybridized carbons (Fsp3) is 0.429. The van der Waals surface area contributed by atoms with Gasteiger partial charge in [-0.25, -0.2) is 0 Å². The van der Waals surface area contributed by atoms with Crippen molar-refractivity contribution in [3.8, 4) is 0 Å². The van der Waals surface area contributed by atoms with Gasteiger partial charge in [0.2, 0.25) is 0 Å². The standard InChI is InChI=1S/C14H16ClNO4/c1-16-11(14(19)20-2)7-10(13(17)18)12(16)8-4-3-5-9(15)6-8/h3-6,10-12H,7H2,1-2H3,(H,17,18)/t10-,11-,12-/m1/s1. The summed E-state index contributed by atoms with van der Waals surface area (Å²) >= 11 is 5.97. The highest BCUT2D eigenvalue weighted by molar-refractivity contribution is 6.30. The highest BCUT2D eigenvalue weighted by Crippen LogP contribution is 2.40. The van der Waals surface area contributed by atoms with Crippen molar-refractivity contribution in [1.29, 1.82) is 0 Å². The summed E-state index contributed by atoms with van der Waals surface area (Å²) in [7, 11) is 3.04. The number of halogens is 1. The minimum atomic E-state index is -0.923. The molecule has 0 spiro atoms. The summed E-state index contributed by atoms with van der Waals surface area (Å²) in [5.74, 6) is -2.00. The Hall–Kier alpha value is -1.59. The summed E-state index contributed by atoms with van der Waals surface area (Å²) in [5, 5.41) is 9.94. The molecular weight excluding hydrogens is 282 g/mol. The zero-order chi connectivity index (χ0) is 14.9. The number of carbonyl (C=O) groups is 2. The van der Waals surface area contributed by atoms with Gasteiger partial charge in [-0.05, 0) is 31.2 Å². The fourth-order valence-electron chi connectivity index (χ4n) is 2.81. The van der Waals surface area contributed by atoms with Crippen molar-refractivity contribution < 1.29 is 19.4 Å². The van der Waals surface area contributed by atoms with Gasteiger partial charge >= 0.3 is 11.9 Å². The molecule has 1 N–H and O–H groups in total. The average Bonchev–Trinajstić information content (AvgIpc) is 2.75. The maximum atomic E-state index is 11.8. The Labute approximate surface area is 122 Å². The Bertz CT molecular complexity index is 534. The van der Waals surface area contributed by atoms with Crippen molar-refractivity contribution in [3.05, 3.63) is 34.9 Å². The highest BCUT2D eigenvalue weighted by atomic mass is 35.5. The molecule has 0 amide bonds. The number of carbonyl (C=O) groups excluding carboxylic acids is 1. The lowest BCUT2D eigenvalue weighted by Gasteiger charge is -2.26. The van der Waals surface area contributed by atoms with Crippen LogP contribution in [0.3, 0.4) is 0 Å². The van der Waals surface area contributed by atoms with Crippen LogP contribution in [0.2, 0.25) is 5.02 Å². The molecule has 0 bridgehead atoms. The van der Waals surface area contributed by atoms with Gasteiger partial charge in [-0.2, -0.15) is 0 Å². The zero-order valence-corrected chi connectivity index (χ0v) is 12.0. The van der Waals surface area contributed by atoms with Gasteiger partial charge in [-0.1, -0.05) is 23.7 Å². The van der Waals surface area contributed by atoms with Crippen LogP contribution in [0.15, 0.2) is 24.3 Å². The van der Waals surface area contributed by atoms with Gasteiger partial charge in [0.05, 0.1) is 13.0 Å². The van der Waals surface area contributed by atoms with Crippen molar-refractivity contribution in [1.82, 2.24) is 4.90 Å². The molecule has 1 heterocycles. The summed E-state index contributed by atoms with van der Waals surface area (Å²) in [6, 6.07) is 6.12. The molecule has 6 heteroatoms. The monoisotopic (exact) mass is 297 g/mol. The van der Waals surface area contributed by atoms with Gasteiger partial charge in [0.15, 0.2) is 0 Å². The Morgan fingerprint density at radius 2 is 2.15 bits per heavy atom. The molecule has 1 fully saturated rings. The van der Waals surface area contributed by atoms with Crippen LogP contribution in [0.1, 0.15) is 18.0 Å². The number of methoxy groups -OCH3 is 1. The van der Waals surface area contributed by atoms with Crippen molar-refractivity contribution in [2.45, 2.75) is 18.5 Å². The molecule has 0 aromatic heterocycles. The largest absolute Gasteiger partial charge is 0.481 e. The third-order valence-corrected chi connectivity index (χ3v) is 4.00. The maximum Gasteiger partial charge on any atom is 0.323 e. The first-order valence-corrected chi connectivity index (χ1v) is 6.61. The molecule has 108 valence electrons. The second kappa shape index (κ2) is 5.81. The molecule has 1 aromatic rings. The van der Waals surface area contributed by atoms with Gasteiger partial charge in [-0.3, -0.25) is 14.5 Å². The zero-order valence-electron chi connectivity index (χ0n) is 11.2. The number of aliphatic carboxylic acids is 1. The van der Waals surface area contributed by atoms with Gasteiger partial charge < -0.3 is 9.84 Å². The molecule has 0 aliphatic carbocycles. The minimum Gasteiger partial charge on any atom is -0.481 e. The Morgan fingerprint density at radius 1 is 1.45 bits per heavy atom. The van der Waals surface area contributed by atoms with Gasteiger partial charge in [0.1, 0.15) is 6.04 Å². The number of esters is 1. The van der Waals surface area contributed by atoms with E-state index >= 15 is 0 Å². The summed E-state index contributed by atoms with van der Waals surface area (Å²) in [6.45, 7) is 0. The Morgan fingerprint density at radius 3 is 2.70 bits per heavy atom. The maximum absolute atomic E-state index is 11.8. The lowest BCUT2D eigenvalue weighted by molar-refractivity contribution is -0.145. The number of rotatable bonds is 3. The summed E-state index contributed by atoms with van der Waals surface area (Å²) in [6.07, 6.45) is 0.232. The van der Waals surface area contributed by atoms with E-state index in [1.165, 1.54) is 7.11 Å². The van der Waals surface area contributed by atoms with Crippen molar-refractivity contribution in [2.24, 2.45) is 5.92 Å². The number of hydrogen-bond donors (Lipinski definition) is 1. The van der Waals surface area contributed by atoms with Crippen molar-refractivity contribution in [2.75, 3.05) is 14.2 Å². The molecular formula is C14H16ClNO4. The van der Waals surface area contributed by atoms with E-state index in [0.29, 0.717) is 5.02 Å². The third kappa shape index (κ3) is 2.64. The van der Waals surface area contributed by atoms with Crippen LogP contribution in [0.25, 0.3) is 0 Å². The molecule has 0 unspecified atom stereocenters. The van der Waals surface area contributed by atoms with Crippen LogP contribution in [-0.2, 0) is 14.3 Å². The van der Waals surface area contributed by atoms with E-state index in [4.69, 9.17) is 16.3 Å². The van der Waals surface area contributed by atoms with Crippen LogP contribution in [0, 0.1) is 5.92 Å². The van der Waals surface area contributed by atoms with Crippen molar-refractivity contribution in [3.63, 3.8) is 0 Å². The van der Waals surface area contributed by atoms with Gasteiger partial charge in [0, 0.05) is 11.1 Å². The van der Waals surface area contributed by atoms with Gasteiger partial charge in [-0.15, -0.1) is 0 Å². The number of carboxylic acid groups (broad SMARTS) is 1. The predicted molar refractivity (Wildman–Crippen MR) is 73.5 cm³/mol. The van der Waals surface area contributed by atoms with E-state index in [0.717, 1.165) is 5.56 Å². The molecule has 5 nitrogen and oxygen atoms in total. The lowest BCUT2D eigenvalue weighted by Crippen LogP contribution is -2.35. The second-order valence-electron chi connectivity index (χ2n) is 4.88. The highest BCUT2D eigenvalue weighted by Gasteiger charge is 2.47. The quantitative estimate of drug-likeness (QED) is 0.864. The van der Waals surface area contributed by atoms with E-state index < -0.39 is 29.9 Å². The van der Waals surface area contributed by atoms with Crippen molar-refractivity contribution >= 4 is 23.5 Å². The number of benzene rings is 1. The Kier molecular flexibility index (Phi) is 4.30. The number of ether oxygens (including phenoxy) is 1. The third-order valence-electron chi connectivity index (χ3n) is 3.77. The van der Waals surface area contributed by atoms with Crippen LogP contribution >= 0.6 is 11.6 Å². The first kappa shape index (κ1) is 14.8. The van der Waals surface area contributed by atoms with E-state index in [-0.39, 0.29) is 6.42 Å². The smallest absolute Gasteiger partial charge is 0.323 e. The molecule has 3 atom stereocenters. The molecule has 0 radical (unpaired) electrons. The SMILES string of the molecule is COC(=O)[C@H]1C[C@@H](C(=O)O)[C@@H](c2cccc(Cl)c2)N1C. The molecule has 20 heavy (non-hydrogen) atoms. The fourth-order valence-corrected chi connectivity index (χ4v) is 3.00. The minimum absolute atomic E-state index is 0.232. The van der Waals surface area contributed by atoms with Crippen LogP contribution in [0.4, 0.5) is 0 Å². The van der Waals surface area contributed by atoms with E-state index in [9.17, 15) is 14.7 Å². The predicted octanol–water partition coefficient (Wildman–Crippen LogP) is 1.96. The van der Waals surface area contributed by atoms with Gasteiger partial charge in [0.25, 0.3) is 0 Å². The first-order chi connectivity index (χ1) is 9.45. The summed E-state index contributed by atoms with van der Waals surface area (Å²) in [4.78, 5) is 25.0. The number of hydrogen-bond acceptors (Lipinski definition) is 4. The summed E-state index contributed by atoms with van der Waals surface area (Å²) in [5.41, 5.74) is 0.791. The molecule has 1 aliphatic heterocycles. The van der Waals surface area contributed by atoms with Crippen LogP contribution in [-0.4, -0.2) is 42.1 Å². The van der Waals surface area contributed by atoms with E-state index in [1.807, 2.05) is 6.07 Å². The molecule has 1 saturated heterocycles. The molecule has 2 rings (SSSR count). The lowest BCUT2D eigenvalue weighted by atomic mass is 9.93. The topological polar surface area (TPSA) is 66.8 Å². The van der Waals surface area contributed by atoms with E-state index in [1.54, 1.807) is 30.1 Å². The second-order valence-corrected chi connectivity index (χ2v) is 5.32. The molecule has 0 saturated carbocycles. The number of likely N-dealkylation sites (tertiary alicyclic amines) is 1. The Balaban J connectivity index is 2.38. The number of nitrogens with zero attached hydrogens (tertiary/aromatic N) is 1. The number of carboxylic acids is 1. The van der Waals surface area contributed by atoms with Crippen LogP contribution in [0.5, 0.6) is 0 Å². The molecule has 1 aromatic carbocycles. The average molecular weight is 298 g/mol. The van der Waals surface area contributed by atoms with E-state index in [2.05, 4.69) is 0 Å².